The third kappa shape index (κ3) is 5.19. The highest BCUT2D eigenvalue weighted by molar-refractivity contribution is 5.80. The highest BCUT2D eigenvalue weighted by atomic mass is 16.1. The lowest BCUT2D eigenvalue weighted by Gasteiger charge is -2.34. The minimum Gasteiger partial charge on any atom is -0.356 e. The number of amides is 1. The van der Waals surface area contributed by atoms with Crippen LogP contribution in [0.2, 0.25) is 0 Å². The number of carbonyl (C=O) groups excluding carboxylic acids is 1. The number of rotatable bonds is 7. The van der Waals surface area contributed by atoms with Gasteiger partial charge in [-0.1, -0.05) is 26.0 Å². The topological polar surface area (TPSA) is 67.2 Å². The van der Waals surface area contributed by atoms with Gasteiger partial charge in [0.25, 0.3) is 5.56 Å². The summed E-state index contributed by atoms with van der Waals surface area (Å²) in [6, 6.07) is 5.59. The molecular formula is C22H32N4O2. The molecule has 1 aliphatic heterocycles. The van der Waals surface area contributed by atoms with Crippen LogP contribution in [0.1, 0.15) is 38.7 Å². The zero-order chi connectivity index (χ0) is 20.1. The van der Waals surface area contributed by atoms with E-state index >= 15 is 0 Å². The average molecular weight is 385 g/mol. The van der Waals surface area contributed by atoms with Gasteiger partial charge in [0.05, 0.1) is 17.2 Å². The van der Waals surface area contributed by atoms with E-state index in [9.17, 15) is 9.59 Å². The van der Waals surface area contributed by atoms with Crippen LogP contribution in [0, 0.1) is 18.8 Å². The zero-order valence-corrected chi connectivity index (χ0v) is 17.3. The van der Waals surface area contributed by atoms with Crippen molar-refractivity contribution in [3.8, 4) is 0 Å². The van der Waals surface area contributed by atoms with Crippen LogP contribution in [0.25, 0.3) is 10.9 Å². The maximum atomic E-state index is 12.6. The Bertz CT molecular complexity index is 866. The first-order valence-corrected chi connectivity index (χ1v) is 10.4. The average Bonchev–Trinajstić information content (AvgIpc) is 2.64. The van der Waals surface area contributed by atoms with E-state index in [1.807, 2.05) is 19.1 Å². The molecule has 3 rings (SSSR count). The minimum atomic E-state index is -0.0881. The second kappa shape index (κ2) is 9.32. The van der Waals surface area contributed by atoms with Crippen LogP contribution in [0.15, 0.2) is 29.3 Å². The molecular weight excluding hydrogens is 352 g/mol. The minimum absolute atomic E-state index is 0.0170. The van der Waals surface area contributed by atoms with E-state index in [1.54, 1.807) is 12.4 Å². The summed E-state index contributed by atoms with van der Waals surface area (Å²) in [5.74, 6) is 1.50. The Kier molecular flexibility index (Phi) is 6.83. The van der Waals surface area contributed by atoms with Crippen molar-refractivity contribution in [1.29, 1.82) is 0 Å². The van der Waals surface area contributed by atoms with Gasteiger partial charge in [0.1, 0.15) is 0 Å². The third-order valence-corrected chi connectivity index (χ3v) is 5.55. The van der Waals surface area contributed by atoms with Crippen molar-refractivity contribution < 1.29 is 4.79 Å². The molecule has 1 aromatic carbocycles. The number of nitrogens with one attached hydrogen (secondary N) is 1. The van der Waals surface area contributed by atoms with E-state index in [-0.39, 0.29) is 17.9 Å². The second-order valence-electron chi connectivity index (χ2n) is 8.37. The summed E-state index contributed by atoms with van der Waals surface area (Å²) in [5.41, 5.74) is 1.63. The summed E-state index contributed by atoms with van der Waals surface area (Å²) in [4.78, 5) is 31.6. The number of nitrogens with zero attached hydrogens (tertiary/aromatic N) is 3. The fraction of sp³-hybridized carbons (Fsp3) is 0.591. The van der Waals surface area contributed by atoms with Crippen molar-refractivity contribution >= 4 is 16.8 Å². The zero-order valence-electron chi connectivity index (χ0n) is 17.3. The fourth-order valence-corrected chi connectivity index (χ4v) is 4.31. The Hall–Kier alpha value is -2.21. The molecule has 0 aliphatic carbocycles. The van der Waals surface area contributed by atoms with Gasteiger partial charge in [-0.3, -0.25) is 14.2 Å². The van der Waals surface area contributed by atoms with Gasteiger partial charge in [0.2, 0.25) is 5.91 Å². The first-order valence-electron chi connectivity index (χ1n) is 10.4. The lowest BCUT2D eigenvalue weighted by atomic mass is 9.92. The predicted molar refractivity (Wildman–Crippen MR) is 112 cm³/mol. The third-order valence-electron chi connectivity index (χ3n) is 5.55. The van der Waals surface area contributed by atoms with E-state index in [0.29, 0.717) is 18.5 Å². The number of fused-ring (bicyclic) bond motifs is 1. The van der Waals surface area contributed by atoms with Crippen LogP contribution >= 0.6 is 0 Å². The number of aromatic nitrogens is 2. The van der Waals surface area contributed by atoms with E-state index in [4.69, 9.17) is 0 Å². The van der Waals surface area contributed by atoms with Gasteiger partial charge in [-0.05, 0) is 49.8 Å². The Balaban J connectivity index is 1.43. The number of likely N-dealkylation sites (tertiary alicyclic amines) is 1. The number of benzene rings is 1. The Morgan fingerprint density at radius 3 is 2.71 bits per heavy atom. The van der Waals surface area contributed by atoms with Gasteiger partial charge < -0.3 is 10.2 Å². The molecule has 1 N–H and O–H groups in total. The molecule has 6 nitrogen and oxygen atoms in total. The van der Waals surface area contributed by atoms with Gasteiger partial charge in [0, 0.05) is 32.6 Å². The molecule has 2 heterocycles. The van der Waals surface area contributed by atoms with Gasteiger partial charge in [-0.25, -0.2) is 4.98 Å². The molecule has 2 unspecified atom stereocenters. The molecule has 6 heteroatoms. The Labute approximate surface area is 166 Å². The fourth-order valence-electron chi connectivity index (χ4n) is 4.31. The van der Waals surface area contributed by atoms with E-state index < -0.39 is 0 Å². The summed E-state index contributed by atoms with van der Waals surface area (Å²) in [6.07, 6.45) is 4.11. The summed E-state index contributed by atoms with van der Waals surface area (Å²) in [5, 5.41) is 3.58. The van der Waals surface area contributed by atoms with Crippen LogP contribution in [0.4, 0.5) is 0 Å². The number of hydrogen-bond donors (Lipinski definition) is 1. The summed E-state index contributed by atoms with van der Waals surface area (Å²) in [7, 11) is 0. The summed E-state index contributed by atoms with van der Waals surface area (Å²) < 4.78 is 1.53. The molecule has 0 spiro atoms. The molecule has 1 saturated heterocycles. The van der Waals surface area contributed by atoms with Gasteiger partial charge in [-0.15, -0.1) is 0 Å². The summed E-state index contributed by atoms with van der Waals surface area (Å²) in [6.45, 7) is 11.0. The monoisotopic (exact) mass is 384 g/mol. The van der Waals surface area contributed by atoms with E-state index in [0.717, 1.165) is 49.0 Å². The Morgan fingerprint density at radius 1 is 1.21 bits per heavy atom. The molecule has 28 heavy (non-hydrogen) atoms. The molecule has 1 amide bonds. The standard InChI is InChI=1S/C22H32N4O2/c1-16-12-17(2)14-25(13-16)10-5-9-23-20(27)8-11-26-15-24-21-18(3)6-4-7-19(21)22(26)28/h4,6-7,15-17H,5,8-14H2,1-3H3,(H,23,27). The van der Waals surface area contributed by atoms with Crippen molar-refractivity contribution in [1.82, 2.24) is 19.8 Å². The van der Waals surface area contributed by atoms with Crippen LogP contribution in [-0.2, 0) is 11.3 Å². The Morgan fingerprint density at radius 2 is 1.96 bits per heavy atom. The smallest absolute Gasteiger partial charge is 0.261 e. The van der Waals surface area contributed by atoms with Crippen molar-refractivity contribution in [2.45, 2.75) is 46.6 Å². The van der Waals surface area contributed by atoms with Crippen molar-refractivity contribution in [3.63, 3.8) is 0 Å². The summed E-state index contributed by atoms with van der Waals surface area (Å²) >= 11 is 0. The van der Waals surface area contributed by atoms with Crippen LogP contribution in [0.5, 0.6) is 0 Å². The normalized spacial score (nSPS) is 20.4. The van der Waals surface area contributed by atoms with Crippen LogP contribution < -0.4 is 10.9 Å². The predicted octanol–water partition coefficient (Wildman–Crippen LogP) is 2.58. The van der Waals surface area contributed by atoms with Crippen LogP contribution in [-0.4, -0.2) is 46.5 Å². The van der Waals surface area contributed by atoms with Gasteiger partial charge in [0.15, 0.2) is 0 Å². The van der Waals surface area contributed by atoms with E-state index in [2.05, 4.69) is 29.0 Å². The van der Waals surface area contributed by atoms with Crippen molar-refractivity contribution in [2.75, 3.05) is 26.2 Å². The molecule has 1 aliphatic rings. The number of piperidine rings is 1. The first-order chi connectivity index (χ1) is 13.4. The van der Waals surface area contributed by atoms with E-state index in [1.165, 1.54) is 11.0 Å². The lowest BCUT2D eigenvalue weighted by molar-refractivity contribution is -0.121. The largest absolute Gasteiger partial charge is 0.356 e. The van der Waals surface area contributed by atoms with Gasteiger partial charge >= 0.3 is 0 Å². The maximum absolute atomic E-state index is 12.6. The SMILES string of the molecule is Cc1cccc2c(=O)n(CCC(=O)NCCCN3CC(C)CC(C)C3)cnc12. The second-order valence-corrected chi connectivity index (χ2v) is 8.37. The number of aryl methyl sites for hydroxylation is 2. The molecule has 1 aromatic heterocycles. The molecule has 152 valence electrons. The first kappa shape index (κ1) is 20.5. The van der Waals surface area contributed by atoms with Gasteiger partial charge in [-0.2, -0.15) is 0 Å². The molecule has 2 atom stereocenters. The van der Waals surface area contributed by atoms with Crippen LogP contribution in [0.3, 0.4) is 0 Å². The number of para-hydroxylation sites is 1. The number of hydrogen-bond acceptors (Lipinski definition) is 4. The number of carbonyl (C=O) groups is 1. The van der Waals surface area contributed by atoms with Crippen molar-refractivity contribution in [2.24, 2.45) is 11.8 Å². The molecule has 0 bridgehead atoms. The highest BCUT2D eigenvalue weighted by Gasteiger charge is 2.21. The quantitative estimate of drug-likeness (QED) is 0.745. The van der Waals surface area contributed by atoms with Crippen molar-refractivity contribution in [3.05, 3.63) is 40.4 Å². The molecule has 0 saturated carbocycles. The maximum Gasteiger partial charge on any atom is 0.261 e. The molecule has 2 aromatic rings. The molecule has 0 radical (unpaired) electrons. The highest BCUT2D eigenvalue weighted by Crippen LogP contribution is 2.20. The lowest BCUT2D eigenvalue weighted by Crippen LogP contribution is -2.40. The molecule has 1 fully saturated rings.